The summed E-state index contributed by atoms with van der Waals surface area (Å²) in [5.74, 6) is 1.07. The summed E-state index contributed by atoms with van der Waals surface area (Å²) in [7, 11) is 0.616. The Hall–Kier alpha value is -2.12. The first-order chi connectivity index (χ1) is 10.9. The zero-order chi connectivity index (χ0) is 17.0. The Balaban J connectivity index is 2.41. The van der Waals surface area contributed by atoms with Gasteiger partial charge in [0.15, 0.2) is 11.5 Å². The van der Waals surface area contributed by atoms with E-state index < -0.39 is 10.0 Å². The second-order valence-electron chi connectivity index (χ2n) is 4.47. The topological polar surface area (TPSA) is 73.9 Å². The highest BCUT2D eigenvalue weighted by atomic mass is 35.5. The summed E-state index contributed by atoms with van der Waals surface area (Å²) in [5, 5.41) is 0.455. The molecule has 2 aromatic rings. The van der Waals surface area contributed by atoms with Crippen molar-refractivity contribution in [1.29, 1.82) is 0 Å². The van der Waals surface area contributed by atoms with Gasteiger partial charge in [-0.05, 0) is 24.3 Å². The minimum absolute atomic E-state index is 0.0932. The second kappa shape index (κ2) is 6.97. The van der Waals surface area contributed by atoms with Gasteiger partial charge in [0.2, 0.25) is 5.75 Å². The van der Waals surface area contributed by atoms with Crippen LogP contribution >= 0.6 is 11.6 Å². The Labute approximate surface area is 140 Å². The summed E-state index contributed by atoms with van der Waals surface area (Å²) in [6, 6.07) is 8.87. The first-order valence-corrected chi connectivity index (χ1v) is 8.35. The van der Waals surface area contributed by atoms with Crippen molar-refractivity contribution in [2.75, 3.05) is 26.1 Å². The van der Waals surface area contributed by atoms with Gasteiger partial charge in [-0.3, -0.25) is 4.72 Å². The fourth-order valence-electron chi connectivity index (χ4n) is 1.97. The van der Waals surface area contributed by atoms with Crippen LogP contribution in [0.15, 0.2) is 41.3 Å². The molecule has 0 atom stereocenters. The monoisotopic (exact) mass is 357 g/mol. The van der Waals surface area contributed by atoms with E-state index in [1.807, 2.05) is 0 Å². The number of methoxy groups -OCH3 is 3. The second-order valence-corrected chi connectivity index (χ2v) is 6.59. The molecule has 1 N–H and O–H groups in total. The van der Waals surface area contributed by atoms with Gasteiger partial charge in [0, 0.05) is 17.2 Å². The van der Waals surface area contributed by atoms with Gasteiger partial charge < -0.3 is 14.2 Å². The molecule has 23 heavy (non-hydrogen) atoms. The van der Waals surface area contributed by atoms with E-state index in [1.165, 1.54) is 57.7 Å². The highest BCUT2D eigenvalue weighted by Gasteiger charge is 2.18. The van der Waals surface area contributed by atoms with Crippen molar-refractivity contribution in [1.82, 2.24) is 0 Å². The third-order valence-electron chi connectivity index (χ3n) is 3.04. The number of halogens is 1. The van der Waals surface area contributed by atoms with Gasteiger partial charge in [-0.15, -0.1) is 0 Å². The van der Waals surface area contributed by atoms with Crippen molar-refractivity contribution in [3.63, 3.8) is 0 Å². The van der Waals surface area contributed by atoms with E-state index in [0.717, 1.165) is 0 Å². The van der Waals surface area contributed by atoms with Crippen LogP contribution in [0.2, 0.25) is 5.02 Å². The van der Waals surface area contributed by atoms with Crippen LogP contribution in [0, 0.1) is 0 Å². The third kappa shape index (κ3) is 3.80. The molecule has 0 heterocycles. The van der Waals surface area contributed by atoms with Crippen LogP contribution in [0.3, 0.4) is 0 Å². The summed E-state index contributed by atoms with van der Waals surface area (Å²) < 4.78 is 42.9. The molecule has 2 aromatic carbocycles. The molecule has 8 heteroatoms. The van der Waals surface area contributed by atoms with Crippen LogP contribution in [0.5, 0.6) is 17.2 Å². The number of anilines is 1. The van der Waals surface area contributed by atoms with Crippen molar-refractivity contribution in [3.8, 4) is 17.2 Å². The maximum atomic E-state index is 12.4. The van der Waals surface area contributed by atoms with Crippen LogP contribution in [0.1, 0.15) is 0 Å². The molecule has 0 amide bonds. The van der Waals surface area contributed by atoms with E-state index in [1.54, 1.807) is 0 Å². The van der Waals surface area contributed by atoms with E-state index in [0.29, 0.717) is 22.3 Å². The fraction of sp³-hybridized carbons (Fsp3) is 0.200. The Kier molecular flexibility index (Phi) is 5.23. The lowest BCUT2D eigenvalue weighted by Crippen LogP contribution is -2.13. The zero-order valence-corrected chi connectivity index (χ0v) is 14.4. The SMILES string of the molecule is COc1cc(NS(=O)(=O)c2ccc(Cl)cc2)cc(OC)c1OC. The van der Waals surface area contributed by atoms with Gasteiger partial charge >= 0.3 is 0 Å². The number of benzene rings is 2. The molecule has 0 fully saturated rings. The van der Waals surface area contributed by atoms with Crippen LogP contribution < -0.4 is 18.9 Å². The number of hydrogen-bond acceptors (Lipinski definition) is 5. The molecule has 0 unspecified atom stereocenters. The van der Waals surface area contributed by atoms with Crippen LogP contribution in [0.4, 0.5) is 5.69 Å². The van der Waals surface area contributed by atoms with Gasteiger partial charge in [0.05, 0.1) is 31.9 Å². The van der Waals surface area contributed by atoms with Crippen molar-refractivity contribution < 1.29 is 22.6 Å². The first kappa shape index (κ1) is 17.2. The normalized spacial score (nSPS) is 11.0. The van der Waals surface area contributed by atoms with Crippen molar-refractivity contribution in [3.05, 3.63) is 41.4 Å². The number of sulfonamides is 1. The molecule has 0 saturated heterocycles. The minimum atomic E-state index is -3.76. The van der Waals surface area contributed by atoms with E-state index in [4.69, 9.17) is 25.8 Å². The lowest BCUT2D eigenvalue weighted by atomic mass is 10.2. The molecule has 0 aliphatic carbocycles. The Morgan fingerprint density at radius 3 is 1.87 bits per heavy atom. The number of nitrogens with one attached hydrogen (secondary N) is 1. The van der Waals surface area contributed by atoms with Crippen LogP contribution in [0.25, 0.3) is 0 Å². The largest absolute Gasteiger partial charge is 0.493 e. The van der Waals surface area contributed by atoms with Gasteiger partial charge in [0.1, 0.15) is 0 Å². The van der Waals surface area contributed by atoms with Crippen molar-refractivity contribution in [2.45, 2.75) is 4.90 Å². The number of ether oxygens (including phenoxy) is 3. The molecular formula is C15H16ClNO5S. The molecule has 0 aliphatic heterocycles. The van der Waals surface area contributed by atoms with E-state index in [-0.39, 0.29) is 10.6 Å². The van der Waals surface area contributed by atoms with Gasteiger partial charge in [-0.1, -0.05) is 11.6 Å². The Bertz CT molecular complexity index is 765. The van der Waals surface area contributed by atoms with Gasteiger partial charge in [0.25, 0.3) is 10.0 Å². The van der Waals surface area contributed by atoms with Crippen LogP contribution in [-0.2, 0) is 10.0 Å². The highest BCUT2D eigenvalue weighted by Crippen LogP contribution is 2.40. The van der Waals surface area contributed by atoms with Crippen molar-refractivity contribution in [2.24, 2.45) is 0 Å². The smallest absolute Gasteiger partial charge is 0.261 e. The fourth-order valence-corrected chi connectivity index (χ4v) is 3.13. The zero-order valence-electron chi connectivity index (χ0n) is 12.8. The summed E-state index contributed by atoms with van der Waals surface area (Å²) in [6.07, 6.45) is 0. The van der Waals surface area contributed by atoms with E-state index in [2.05, 4.69) is 4.72 Å². The highest BCUT2D eigenvalue weighted by molar-refractivity contribution is 7.92. The molecule has 0 radical (unpaired) electrons. The predicted molar refractivity (Wildman–Crippen MR) is 88.4 cm³/mol. The molecule has 0 aromatic heterocycles. The average molecular weight is 358 g/mol. The lowest BCUT2D eigenvalue weighted by Gasteiger charge is -2.15. The minimum Gasteiger partial charge on any atom is -0.493 e. The molecule has 2 rings (SSSR count). The van der Waals surface area contributed by atoms with E-state index >= 15 is 0 Å². The molecule has 124 valence electrons. The Morgan fingerprint density at radius 1 is 0.913 bits per heavy atom. The maximum absolute atomic E-state index is 12.4. The Morgan fingerprint density at radius 2 is 1.43 bits per heavy atom. The van der Waals surface area contributed by atoms with Crippen LogP contribution in [-0.4, -0.2) is 29.7 Å². The quantitative estimate of drug-likeness (QED) is 0.859. The average Bonchev–Trinajstić information content (AvgIpc) is 2.53. The molecule has 0 saturated carbocycles. The number of rotatable bonds is 6. The van der Waals surface area contributed by atoms with Gasteiger partial charge in [-0.25, -0.2) is 8.42 Å². The number of hydrogen-bond donors (Lipinski definition) is 1. The molecule has 0 bridgehead atoms. The summed E-state index contributed by atoms with van der Waals surface area (Å²) >= 11 is 5.77. The van der Waals surface area contributed by atoms with E-state index in [9.17, 15) is 8.42 Å². The molecule has 0 spiro atoms. The summed E-state index contributed by atoms with van der Waals surface area (Å²) in [5.41, 5.74) is 0.287. The first-order valence-electron chi connectivity index (χ1n) is 6.49. The summed E-state index contributed by atoms with van der Waals surface area (Å²) in [4.78, 5) is 0.0932. The van der Waals surface area contributed by atoms with Gasteiger partial charge in [-0.2, -0.15) is 0 Å². The standard InChI is InChI=1S/C15H16ClNO5S/c1-20-13-8-11(9-14(21-2)15(13)22-3)17-23(18,19)12-6-4-10(16)5-7-12/h4-9,17H,1-3H3. The maximum Gasteiger partial charge on any atom is 0.261 e. The lowest BCUT2D eigenvalue weighted by molar-refractivity contribution is 0.325. The predicted octanol–water partition coefficient (Wildman–Crippen LogP) is 3.17. The molecule has 6 nitrogen and oxygen atoms in total. The summed E-state index contributed by atoms with van der Waals surface area (Å²) in [6.45, 7) is 0. The van der Waals surface area contributed by atoms with Crippen molar-refractivity contribution >= 4 is 27.3 Å². The molecule has 0 aliphatic rings. The molecular weight excluding hydrogens is 342 g/mol. The third-order valence-corrected chi connectivity index (χ3v) is 4.69.